The number of rotatable bonds is 2. The van der Waals surface area contributed by atoms with Gasteiger partial charge in [0.15, 0.2) is 0 Å². The first-order chi connectivity index (χ1) is 7.63. The second-order valence-corrected chi connectivity index (χ2v) is 3.57. The van der Waals surface area contributed by atoms with Crippen molar-refractivity contribution in [3.63, 3.8) is 0 Å². The Kier molecular flexibility index (Phi) is 2.48. The van der Waals surface area contributed by atoms with E-state index in [1.165, 1.54) is 0 Å². The van der Waals surface area contributed by atoms with Crippen molar-refractivity contribution in [1.29, 1.82) is 0 Å². The Balaban J connectivity index is 2.87. The molecule has 0 amide bonds. The lowest BCUT2D eigenvalue weighted by Gasteiger charge is -2.08. The van der Waals surface area contributed by atoms with E-state index in [0.29, 0.717) is 5.52 Å². The number of hydrogen-bond acceptors (Lipinski definition) is 3. The third kappa shape index (κ3) is 1.58. The molecule has 0 spiro atoms. The molecular formula is C12H12N2O2. The van der Waals surface area contributed by atoms with Gasteiger partial charge in [0.05, 0.1) is 11.1 Å². The Morgan fingerprint density at radius 3 is 2.81 bits per heavy atom. The van der Waals surface area contributed by atoms with Crippen LogP contribution in [0.3, 0.4) is 0 Å². The minimum Gasteiger partial charge on any atom is -0.478 e. The van der Waals surface area contributed by atoms with Gasteiger partial charge in [0, 0.05) is 23.8 Å². The average Bonchev–Trinajstić information content (AvgIpc) is 2.26. The first-order valence-corrected chi connectivity index (χ1v) is 4.95. The predicted octanol–water partition coefficient (Wildman–Crippen LogP) is 2.28. The van der Waals surface area contributed by atoms with Crippen LogP contribution in [0.15, 0.2) is 24.3 Å². The SMILES string of the molecule is CNc1cc(C)nc2c(C(=O)O)cccc12. The summed E-state index contributed by atoms with van der Waals surface area (Å²) in [4.78, 5) is 15.4. The summed E-state index contributed by atoms with van der Waals surface area (Å²) in [6, 6.07) is 7.05. The monoisotopic (exact) mass is 216 g/mol. The highest BCUT2D eigenvalue weighted by Crippen LogP contribution is 2.25. The van der Waals surface area contributed by atoms with Gasteiger partial charge in [0.2, 0.25) is 0 Å². The van der Waals surface area contributed by atoms with Gasteiger partial charge < -0.3 is 10.4 Å². The van der Waals surface area contributed by atoms with Crippen molar-refractivity contribution in [2.24, 2.45) is 0 Å². The first-order valence-electron chi connectivity index (χ1n) is 4.95. The molecular weight excluding hydrogens is 204 g/mol. The zero-order valence-electron chi connectivity index (χ0n) is 9.11. The summed E-state index contributed by atoms with van der Waals surface area (Å²) in [5, 5.41) is 12.9. The standard InChI is InChI=1S/C12H12N2O2/c1-7-6-10(13-2)8-4-3-5-9(12(15)16)11(8)14-7/h3-6H,1-2H3,(H,13,14)(H,15,16). The largest absolute Gasteiger partial charge is 0.478 e. The Morgan fingerprint density at radius 2 is 2.19 bits per heavy atom. The Hall–Kier alpha value is -2.10. The van der Waals surface area contributed by atoms with E-state index < -0.39 is 5.97 Å². The van der Waals surface area contributed by atoms with E-state index in [1.54, 1.807) is 12.1 Å². The fraction of sp³-hybridized carbons (Fsp3) is 0.167. The van der Waals surface area contributed by atoms with Gasteiger partial charge in [-0.05, 0) is 19.1 Å². The molecule has 0 unspecified atom stereocenters. The number of aromatic carboxylic acids is 1. The number of pyridine rings is 1. The molecule has 16 heavy (non-hydrogen) atoms. The quantitative estimate of drug-likeness (QED) is 0.808. The summed E-state index contributed by atoms with van der Waals surface area (Å²) >= 11 is 0. The smallest absolute Gasteiger partial charge is 0.337 e. The number of aromatic nitrogens is 1. The number of para-hydroxylation sites is 1. The van der Waals surface area contributed by atoms with Gasteiger partial charge in [0.1, 0.15) is 0 Å². The molecule has 0 saturated heterocycles. The molecule has 0 fully saturated rings. The van der Waals surface area contributed by atoms with Gasteiger partial charge in [-0.1, -0.05) is 12.1 Å². The topological polar surface area (TPSA) is 62.2 Å². The van der Waals surface area contributed by atoms with E-state index in [9.17, 15) is 4.79 Å². The lowest BCUT2D eigenvalue weighted by atomic mass is 10.1. The lowest BCUT2D eigenvalue weighted by molar-refractivity contribution is 0.0699. The molecule has 4 nitrogen and oxygen atoms in total. The highest BCUT2D eigenvalue weighted by Gasteiger charge is 2.11. The second kappa shape index (κ2) is 3.81. The molecule has 1 aromatic carbocycles. The van der Waals surface area contributed by atoms with Crippen LogP contribution in [0.4, 0.5) is 5.69 Å². The molecule has 82 valence electrons. The maximum atomic E-state index is 11.1. The minimum absolute atomic E-state index is 0.234. The number of carbonyl (C=O) groups is 1. The molecule has 0 saturated carbocycles. The summed E-state index contributed by atoms with van der Waals surface area (Å²) in [5.41, 5.74) is 2.45. The van der Waals surface area contributed by atoms with E-state index in [-0.39, 0.29) is 5.56 Å². The zero-order valence-corrected chi connectivity index (χ0v) is 9.11. The van der Waals surface area contributed by atoms with Crippen molar-refractivity contribution in [3.05, 3.63) is 35.5 Å². The van der Waals surface area contributed by atoms with E-state index in [4.69, 9.17) is 5.11 Å². The number of fused-ring (bicyclic) bond motifs is 1. The molecule has 0 aliphatic rings. The fourth-order valence-corrected chi connectivity index (χ4v) is 1.76. The van der Waals surface area contributed by atoms with E-state index in [1.807, 2.05) is 26.1 Å². The third-order valence-corrected chi connectivity index (χ3v) is 2.47. The van der Waals surface area contributed by atoms with Gasteiger partial charge in [-0.25, -0.2) is 4.79 Å². The van der Waals surface area contributed by atoms with Gasteiger partial charge in [-0.2, -0.15) is 0 Å². The molecule has 1 heterocycles. The van der Waals surface area contributed by atoms with Crippen molar-refractivity contribution in [1.82, 2.24) is 4.98 Å². The number of aryl methyl sites for hydroxylation is 1. The summed E-state index contributed by atoms with van der Waals surface area (Å²) in [7, 11) is 1.81. The molecule has 1 aromatic heterocycles. The maximum Gasteiger partial charge on any atom is 0.337 e. The van der Waals surface area contributed by atoms with Gasteiger partial charge in [-0.3, -0.25) is 4.98 Å². The van der Waals surface area contributed by atoms with Crippen molar-refractivity contribution in [2.75, 3.05) is 12.4 Å². The Bertz CT molecular complexity index is 564. The molecule has 0 aliphatic carbocycles. The minimum atomic E-state index is -0.953. The van der Waals surface area contributed by atoms with Crippen molar-refractivity contribution in [3.8, 4) is 0 Å². The number of nitrogens with zero attached hydrogens (tertiary/aromatic N) is 1. The Labute approximate surface area is 92.9 Å². The number of benzene rings is 1. The molecule has 0 atom stereocenters. The first kappa shape index (κ1) is 10.4. The van der Waals surface area contributed by atoms with Gasteiger partial charge in [0.25, 0.3) is 0 Å². The zero-order chi connectivity index (χ0) is 11.7. The van der Waals surface area contributed by atoms with Gasteiger partial charge in [-0.15, -0.1) is 0 Å². The van der Waals surface area contributed by atoms with Crippen molar-refractivity contribution < 1.29 is 9.90 Å². The molecule has 0 bridgehead atoms. The predicted molar refractivity (Wildman–Crippen MR) is 63.0 cm³/mol. The number of nitrogens with one attached hydrogen (secondary N) is 1. The average molecular weight is 216 g/mol. The van der Waals surface area contributed by atoms with Crippen LogP contribution < -0.4 is 5.32 Å². The summed E-state index contributed by atoms with van der Waals surface area (Å²) in [5.74, 6) is -0.953. The number of anilines is 1. The number of hydrogen-bond donors (Lipinski definition) is 2. The van der Waals surface area contributed by atoms with Crippen LogP contribution in [0.5, 0.6) is 0 Å². The lowest BCUT2D eigenvalue weighted by Crippen LogP contribution is -2.01. The molecule has 2 aromatic rings. The highest BCUT2D eigenvalue weighted by atomic mass is 16.4. The molecule has 2 N–H and O–H groups in total. The van der Waals surface area contributed by atoms with E-state index in [0.717, 1.165) is 16.8 Å². The molecule has 0 radical (unpaired) electrons. The third-order valence-electron chi connectivity index (χ3n) is 2.47. The number of carboxylic acid groups (broad SMARTS) is 1. The van der Waals surface area contributed by atoms with Crippen molar-refractivity contribution in [2.45, 2.75) is 6.92 Å². The second-order valence-electron chi connectivity index (χ2n) is 3.57. The van der Waals surface area contributed by atoms with Crippen molar-refractivity contribution >= 4 is 22.6 Å². The van der Waals surface area contributed by atoms with Crippen LogP contribution in [0, 0.1) is 6.92 Å². The Morgan fingerprint density at radius 1 is 1.44 bits per heavy atom. The van der Waals surface area contributed by atoms with Crippen LogP contribution in [0.1, 0.15) is 16.1 Å². The van der Waals surface area contributed by atoms with Crippen LogP contribution >= 0.6 is 0 Å². The molecule has 0 aliphatic heterocycles. The van der Waals surface area contributed by atoms with E-state index >= 15 is 0 Å². The highest BCUT2D eigenvalue weighted by molar-refractivity contribution is 6.05. The fourth-order valence-electron chi connectivity index (χ4n) is 1.76. The van der Waals surface area contributed by atoms with Crippen LogP contribution in [-0.4, -0.2) is 23.1 Å². The maximum absolute atomic E-state index is 11.1. The summed E-state index contributed by atoms with van der Waals surface area (Å²) in [6.07, 6.45) is 0. The van der Waals surface area contributed by atoms with Crippen LogP contribution in [0.25, 0.3) is 10.9 Å². The van der Waals surface area contributed by atoms with Gasteiger partial charge >= 0.3 is 5.97 Å². The molecule has 4 heteroatoms. The van der Waals surface area contributed by atoms with Crippen LogP contribution in [0.2, 0.25) is 0 Å². The summed E-state index contributed by atoms with van der Waals surface area (Å²) < 4.78 is 0. The normalized spacial score (nSPS) is 10.4. The van der Waals surface area contributed by atoms with E-state index in [2.05, 4.69) is 10.3 Å². The van der Waals surface area contributed by atoms with Crippen LogP contribution in [-0.2, 0) is 0 Å². The summed E-state index contributed by atoms with van der Waals surface area (Å²) in [6.45, 7) is 1.85. The number of carboxylic acids is 1. The molecule has 2 rings (SSSR count).